The molecule has 0 aliphatic carbocycles. The van der Waals surface area contributed by atoms with Gasteiger partial charge < -0.3 is 9.94 Å². The maximum Gasteiger partial charge on any atom is 0.118 e. The largest absolute Gasteiger partial charge is 0.497 e. The van der Waals surface area contributed by atoms with Crippen molar-refractivity contribution in [2.24, 2.45) is 5.16 Å². The number of hydrogen-bond donors (Lipinski definition) is 1. The summed E-state index contributed by atoms with van der Waals surface area (Å²) in [5.74, 6) is 0.777. The van der Waals surface area contributed by atoms with Crippen LogP contribution in [0, 0.1) is 0 Å². The first-order valence-corrected chi connectivity index (χ1v) is 5.27. The van der Waals surface area contributed by atoms with Crippen LogP contribution in [0.4, 0.5) is 0 Å². The molecule has 0 aromatic heterocycles. The zero-order valence-corrected chi connectivity index (χ0v) is 9.50. The maximum atomic E-state index is 9.12. The van der Waals surface area contributed by atoms with E-state index in [2.05, 4.69) is 5.16 Å². The summed E-state index contributed by atoms with van der Waals surface area (Å²) in [4.78, 5) is 0. The monoisotopic (exact) mass is 227 g/mol. The topological polar surface area (TPSA) is 41.8 Å². The molecule has 1 N–H and O–H groups in total. The Labute approximate surface area is 100.0 Å². The molecule has 17 heavy (non-hydrogen) atoms. The second-order valence-corrected chi connectivity index (χ2v) is 3.54. The number of nitrogens with zero attached hydrogens (tertiary/aromatic N) is 1. The Balaban J connectivity index is 2.37. The molecule has 0 unspecified atom stereocenters. The van der Waals surface area contributed by atoms with E-state index in [-0.39, 0.29) is 0 Å². The van der Waals surface area contributed by atoms with Crippen LogP contribution in [-0.4, -0.2) is 18.0 Å². The smallest absolute Gasteiger partial charge is 0.118 e. The van der Waals surface area contributed by atoms with Gasteiger partial charge in [0.05, 0.1) is 7.11 Å². The first-order valence-electron chi connectivity index (χ1n) is 5.27. The predicted molar refractivity (Wildman–Crippen MR) is 66.9 cm³/mol. The molecule has 3 heteroatoms. The van der Waals surface area contributed by atoms with Crippen molar-refractivity contribution in [2.45, 2.75) is 0 Å². The van der Waals surface area contributed by atoms with Gasteiger partial charge in [-0.05, 0) is 24.3 Å². The molecule has 0 saturated heterocycles. The highest BCUT2D eigenvalue weighted by molar-refractivity contribution is 6.12. The van der Waals surface area contributed by atoms with E-state index in [1.54, 1.807) is 7.11 Å². The van der Waals surface area contributed by atoms with Crippen molar-refractivity contribution in [2.75, 3.05) is 7.11 Å². The lowest BCUT2D eigenvalue weighted by molar-refractivity contribution is 0.319. The molecule has 2 rings (SSSR count). The Hall–Kier alpha value is -2.29. The average Bonchev–Trinajstić information content (AvgIpc) is 2.42. The lowest BCUT2D eigenvalue weighted by Crippen LogP contribution is -2.02. The summed E-state index contributed by atoms with van der Waals surface area (Å²) in [6.07, 6.45) is 0. The van der Waals surface area contributed by atoms with Crippen molar-refractivity contribution in [3.05, 3.63) is 65.7 Å². The van der Waals surface area contributed by atoms with Crippen LogP contribution < -0.4 is 4.74 Å². The predicted octanol–water partition coefficient (Wildman–Crippen LogP) is 2.92. The molecular formula is C14H13NO2. The Morgan fingerprint density at radius 3 is 2.06 bits per heavy atom. The number of oxime groups is 1. The van der Waals surface area contributed by atoms with Gasteiger partial charge in [0.25, 0.3) is 0 Å². The van der Waals surface area contributed by atoms with Crippen molar-refractivity contribution >= 4 is 5.71 Å². The van der Waals surface area contributed by atoms with Gasteiger partial charge in [-0.2, -0.15) is 0 Å². The average molecular weight is 227 g/mol. The molecule has 0 radical (unpaired) electrons. The lowest BCUT2D eigenvalue weighted by atomic mass is 10.0. The Kier molecular flexibility index (Phi) is 3.40. The molecule has 0 heterocycles. The van der Waals surface area contributed by atoms with E-state index in [1.165, 1.54) is 0 Å². The molecule has 0 bridgehead atoms. The van der Waals surface area contributed by atoms with E-state index in [1.807, 2.05) is 54.6 Å². The van der Waals surface area contributed by atoms with Crippen molar-refractivity contribution < 1.29 is 9.94 Å². The van der Waals surface area contributed by atoms with Crippen LogP contribution in [0.5, 0.6) is 5.75 Å². The molecule has 2 aromatic carbocycles. The van der Waals surface area contributed by atoms with Crippen molar-refractivity contribution in [1.82, 2.24) is 0 Å². The maximum absolute atomic E-state index is 9.12. The summed E-state index contributed by atoms with van der Waals surface area (Å²) in [6.45, 7) is 0. The molecule has 2 aromatic rings. The van der Waals surface area contributed by atoms with Crippen molar-refractivity contribution in [3.63, 3.8) is 0 Å². The van der Waals surface area contributed by atoms with Crippen LogP contribution in [0.15, 0.2) is 59.8 Å². The van der Waals surface area contributed by atoms with Gasteiger partial charge >= 0.3 is 0 Å². The summed E-state index contributed by atoms with van der Waals surface area (Å²) in [6, 6.07) is 16.9. The molecule has 0 aliphatic rings. The van der Waals surface area contributed by atoms with Gasteiger partial charge in [0.1, 0.15) is 11.5 Å². The number of rotatable bonds is 3. The minimum Gasteiger partial charge on any atom is -0.497 e. The molecule has 0 spiro atoms. The van der Waals surface area contributed by atoms with Crippen LogP contribution in [0.3, 0.4) is 0 Å². The number of hydrogen-bond acceptors (Lipinski definition) is 3. The fourth-order valence-corrected chi connectivity index (χ4v) is 1.63. The standard InChI is InChI=1S/C14H13NO2/c1-17-13-9-7-12(8-10-13)14(15-16)11-5-3-2-4-6-11/h2-10,16H,1H3/b15-14+. The Morgan fingerprint density at radius 2 is 1.53 bits per heavy atom. The van der Waals surface area contributed by atoms with Crippen LogP contribution in [0.1, 0.15) is 11.1 Å². The van der Waals surface area contributed by atoms with Gasteiger partial charge in [-0.15, -0.1) is 0 Å². The highest BCUT2D eigenvalue weighted by Gasteiger charge is 2.06. The van der Waals surface area contributed by atoms with Crippen LogP contribution in [0.25, 0.3) is 0 Å². The van der Waals surface area contributed by atoms with E-state index < -0.39 is 0 Å². The van der Waals surface area contributed by atoms with Gasteiger partial charge in [-0.25, -0.2) is 0 Å². The molecule has 86 valence electrons. The highest BCUT2D eigenvalue weighted by Crippen LogP contribution is 2.15. The number of ether oxygens (including phenoxy) is 1. The Bertz CT molecular complexity index is 504. The SMILES string of the molecule is COc1ccc(/C(=N/O)c2ccccc2)cc1. The van der Waals surface area contributed by atoms with E-state index in [4.69, 9.17) is 9.94 Å². The normalized spacial score (nSPS) is 11.2. The van der Waals surface area contributed by atoms with Gasteiger partial charge in [-0.1, -0.05) is 35.5 Å². The summed E-state index contributed by atoms with van der Waals surface area (Å²) >= 11 is 0. The minimum atomic E-state index is 0.549. The summed E-state index contributed by atoms with van der Waals surface area (Å²) in [7, 11) is 1.62. The van der Waals surface area contributed by atoms with Crippen LogP contribution in [-0.2, 0) is 0 Å². The third kappa shape index (κ3) is 2.45. The molecule has 0 aliphatic heterocycles. The summed E-state index contributed by atoms with van der Waals surface area (Å²) in [5, 5.41) is 12.5. The first-order chi connectivity index (χ1) is 8.35. The van der Waals surface area contributed by atoms with Crippen molar-refractivity contribution in [3.8, 4) is 5.75 Å². The van der Waals surface area contributed by atoms with Crippen molar-refractivity contribution in [1.29, 1.82) is 0 Å². The lowest BCUT2D eigenvalue weighted by Gasteiger charge is -2.05. The van der Waals surface area contributed by atoms with Gasteiger partial charge in [0.2, 0.25) is 0 Å². The third-order valence-electron chi connectivity index (χ3n) is 2.51. The van der Waals surface area contributed by atoms with Crippen LogP contribution >= 0.6 is 0 Å². The van der Waals surface area contributed by atoms with E-state index in [9.17, 15) is 0 Å². The zero-order chi connectivity index (χ0) is 12.1. The summed E-state index contributed by atoms with van der Waals surface area (Å²) < 4.78 is 5.09. The molecular weight excluding hydrogens is 214 g/mol. The second kappa shape index (κ2) is 5.16. The van der Waals surface area contributed by atoms with E-state index in [0.717, 1.165) is 16.9 Å². The van der Waals surface area contributed by atoms with Gasteiger partial charge in [0.15, 0.2) is 0 Å². The second-order valence-electron chi connectivity index (χ2n) is 3.54. The highest BCUT2D eigenvalue weighted by atomic mass is 16.5. The molecule has 0 atom stereocenters. The quantitative estimate of drug-likeness (QED) is 0.497. The fourth-order valence-electron chi connectivity index (χ4n) is 1.63. The number of methoxy groups -OCH3 is 1. The molecule has 3 nitrogen and oxygen atoms in total. The van der Waals surface area contributed by atoms with E-state index in [0.29, 0.717) is 5.71 Å². The minimum absolute atomic E-state index is 0.549. The first kappa shape index (κ1) is 11.2. The number of benzene rings is 2. The fraction of sp³-hybridized carbons (Fsp3) is 0.0714. The molecule has 0 fully saturated rings. The molecule has 0 saturated carbocycles. The Morgan fingerprint density at radius 1 is 0.941 bits per heavy atom. The zero-order valence-electron chi connectivity index (χ0n) is 9.50. The molecule has 0 amide bonds. The van der Waals surface area contributed by atoms with E-state index >= 15 is 0 Å². The third-order valence-corrected chi connectivity index (χ3v) is 2.51. The van der Waals surface area contributed by atoms with Gasteiger partial charge in [0, 0.05) is 11.1 Å². The summed E-state index contributed by atoms with van der Waals surface area (Å²) in [5.41, 5.74) is 2.27. The van der Waals surface area contributed by atoms with Crippen LogP contribution in [0.2, 0.25) is 0 Å². The van der Waals surface area contributed by atoms with Gasteiger partial charge in [-0.3, -0.25) is 0 Å².